The van der Waals surface area contributed by atoms with Crippen molar-refractivity contribution < 1.29 is 4.79 Å². The lowest BCUT2D eigenvalue weighted by Crippen LogP contribution is -2.06. The van der Waals surface area contributed by atoms with Crippen molar-refractivity contribution in [3.8, 4) is 0 Å². The molecule has 2 heterocycles. The lowest BCUT2D eigenvalue weighted by atomic mass is 10.1. The highest BCUT2D eigenvalue weighted by Gasteiger charge is 2.16. The van der Waals surface area contributed by atoms with Crippen LogP contribution in [0.15, 0.2) is 59.9 Å². The van der Waals surface area contributed by atoms with Gasteiger partial charge in [-0.1, -0.05) is 67.2 Å². The number of aryl methyl sites for hydroxylation is 2. The van der Waals surface area contributed by atoms with Crippen LogP contribution in [0.2, 0.25) is 0 Å². The third-order valence-corrected chi connectivity index (χ3v) is 5.87. The molecule has 4 aromatic rings. The molecule has 0 radical (unpaired) electrons. The Hall–Kier alpha value is -2.86. The maximum atomic E-state index is 12.9. The third kappa shape index (κ3) is 3.60. The standard InChI is InChI=1S/C22H22N4OS/c1-3-17-10-7-11-18-19(12-23-21(17)18)20(27)14-28-22-25-24-15(2)26(22)13-16-8-5-4-6-9-16/h4-12,23H,3,13-14H2,1-2H3. The maximum absolute atomic E-state index is 12.9. The monoisotopic (exact) mass is 390 g/mol. The SMILES string of the molecule is CCc1cccc2c(C(=O)CSc3nnc(C)n3Cc3ccccc3)c[nH]c12. The highest BCUT2D eigenvalue weighted by molar-refractivity contribution is 7.99. The zero-order valence-corrected chi connectivity index (χ0v) is 16.8. The highest BCUT2D eigenvalue weighted by Crippen LogP contribution is 2.25. The number of Topliss-reactive ketones (excluding diaryl/α,β-unsaturated/α-hetero) is 1. The Bertz CT molecular complexity index is 1110. The molecule has 0 saturated carbocycles. The summed E-state index contributed by atoms with van der Waals surface area (Å²) in [7, 11) is 0. The van der Waals surface area contributed by atoms with Gasteiger partial charge in [-0.05, 0) is 24.5 Å². The first kappa shape index (κ1) is 18.5. The maximum Gasteiger partial charge on any atom is 0.191 e. The number of H-pyrrole nitrogens is 1. The van der Waals surface area contributed by atoms with Crippen molar-refractivity contribution in [2.45, 2.75) is 32.0 Å². The van der Waals surface area contributed by atoms with Crippen LogP contribution in [0.1, 0.15) is 34.2 Å². The van der Waals surface area contributed by atoms with E-state index < -0.39 is 0 Å². The summed E-state index contributed by atoms with van der Waals surface area (Å²) in [5.41, 5.74) is 4.20. The molecule has 0 spiro atoms. The zero-order chi connectivity index (χ0) is 19.5. The molecule has 0 unspecified atom stereocenters. The molecule has 0 amide bonds. The van der Waals surface area contributed by atoms with E-state index in [4.69, 9.17) is 0 Å². The molecule has 1 N–H and O–H groups in total. The number of carbonyl (C=O) groups excluding carboxylic acids is 1. The molecule has 5 nitrogen and oxygen atoms in total. The van der Waals surface area contributed by atoms with Gasteiger partial charge < -0.3 is 9.55 Å². The van der Waals surface area contributed by atoms with Gasteiger partial charge in [0.15, 0.2) is 10.9 Å². The fourth-order valence-corrected chi connectivity index (χ4v) is 4.23. The number of thioether (sulfide) groups is 1. The van der Waals surface area contributed by atoms with E-state index in [-0.39, 0.29) is 5.78 Å². The normalized spacial score (nSPS) is 11.2. The molecule has 28 heavy (non-hydrogen) atoms. The van der Waals surface area contributed by atoms with Crippen molar-refractivity contribution in [3.63, 3.8) is 0 Å². The van der Waals surface area contributed by atoms with E-state index in [0.717, 1.165) is 33.9 Å². The lowest BCUT2D eigenvalue weighted by Gasteiger charge is -2.08. The second kappa shape index (κ2) is 8.02. The van der Waals surface area contributed by atoms with Crippen LogP contribution in [-0.4, -0.2) is 31.3 Å². The molecule has 142 valence electrons. The van der Waals surface area contributed by atoms with Gasteiger partial charge in [0, 0.05) is 22.7 Å². The number of para-hydroxylation sites is 1. The Morgan fingerprint density at radius 3 is 2.71 bits per heavy atom. The Kier molecular flexibility index (Phi) is 5.30. The predicted octanol–water partition coefficient (Wildman–Crippen LogP) is 4.65. The van der Waals surface area contributed by atoms with Crippen LogP contribution in [-0.2, 0) is 13.0 Å². The van der Waals surface area contributed by atoms with Gasteiger partial charge >= 0.3 is 0 Å². The molecule has 0 atom stereocenters. The Morgan fingerprint density at radius 2 is 1.93 bits per heavy atom. The van der Waals surface area contributed by atoms with Gasteiger partial charge in [-0.2, -0.15) is 0 Å². The number of hydrogen-bond acceptors (Lipinski definition) is 4. The molecule has 2 aromatic carbocycles. The second-order valence-electron chi connectivity index (χ2n) is 6.71. The Morgan fingerprint density at radius 1 is 1.11 bits per heavy atom. The van der Waals surface area contributed by atoms with E-state index >= 15 is 0 Å². The van der Waals surface area contributed by atoms with E-state index in [2.05, 4.69) is 44.9 Å². The molecule has 0 bridgehead atoms. The lowest BCUT2D eigenvalue weighted by molar-refractivity contribution is 0.102. The van der Waals surface area contributed by atoms with Gasteiger partial charge in [0.25, 0.3) is 0 Å². The summed E-state index contributed by atoms with van der Waals surface area (Å²) in [5, 5.41) is 10.2. The molecule has 4 rings (SSSR count). The third-order valence-electron chi connectivity index (χ3n) is 4.90. The zero-order valence-electron chi connectivity index (χ0n) is 16.0. The summed E-state index contributed by atoms with van der Waals surface area (Å²) < 4.78 is 2.05. The summed E-state index contributed by atoms with van der Waals surface area (Å²) >= 11 is 1.44. The topological polar surface area (TPSA) is 63.6 Å². The van der Waals surface area contributed by atoms with Crippen LogP contribution in [0.3, 0.4) is 0 Å². The predicted molar refractivity (Wildman–Crippen MR) is 113 cm³/mol. The molecule has 0 aliphatic carbocycles. The van der Waals surface area contributed by atoms with Crippen molar-refractivity contribution in [2.75, 3.05) is 5.75 Å². The number of fused-ring (bicyclic) bond motifs is 1. The molecular formula is C22H22N4OS. The van der Waals surface area contributed by atoms with Crippen molar-refractivity contribution in [1.29, 1.82) is 0 Å². The van der Waals surface area contributed by atoms with E-state index in [9.17, 15) is 4.79 Å². The first-order chi connectivity index (χ1) is 13.7. The van der Waals surface area contributed by atoms with Crippen molar-refractivity contribution in [1.82, 2.24) is 19.7 Å². The van der Waals surface area contributed by atoms with E-state index in [1.807, 2.05) is 43.5 Å². The fourth-order valence-electron chi connectivity index (χ4n) is 3.37. The summed E-state index contributed by atoms with van der Waals surface area (Å²) in [4.78, 5) is 16.1. The van der Waals surface area contributed by atoms with Gasteiger partial charge in [0.1, 0.15) is 5.82 Å². The Balaban J connectivity index is 1.52. The molecular weight excluding hydrogens is 368 g/mol. The second-order valence-corrected chi connectivity index (χ2v) is 7.65. The number of rotatable bonds is 7. The van der Waals surface area contributed by atoms with Crippen LogP contribution in [0.4, 0.5) is 0 Å². The summed E-state index contributed by atoms with van der Waals surface area (Å²) in [6.45, 7) is 4.76. The van der Waals surface area contributed by atoms with Crippen molar-refractivity contribution >= 4 is 28.4 Å². The molecule has 6 heteroatoms. The summed E-state index contributed by atoms with van der Waals surface area (Å²) in [6.07, 6.45) is 2.76. The smallest absolute Gasteiger partial charge is 0.191 e. The average molecular weight is 391 g/mol. The Labute approximate surface area is 168 Å². The molecule has 0 fully saturated rings. The van der Waals surface area contributed by atoms with Crippen LogP contribution in [0, 0.1) is 6.92 Å². The number of nitrogens with zero attached hydrogens (tertiary/aromatic N) is 3. The minimum atomic E-state index is 0.0939. The number of hydrogen-bond donors (Lipinski definition) is 1. The molecule has 0 aliphatic rings. The van der Waals surface area contributed by atoms with Gasteiger partial charge in [0.05, 0.1) is 12.3 Å². The average Bonchev–Trinajstić information content (AvgIpc) is 3.31. The number of ketones is 1. The number of aromatic amines is 1. The van der Waals surface area contributed by atoms with E-state index in [1.165, 1.54) is 22.9 Å². The quantitative estimate of drug-likeness (QED) is 0.368. The fraction of sp³-hybridized carbons (Fsp3) is 0.227. The first-order valence-corrected chi connectivity index (χ1v) is 10.3. The van der Waals surface area contributed by atoms with Crippen LogP contribution in [0.25, 0.3) is 10.9 Å². The first-order valence-electron chi connectivity index (χ1n) is 9.36. The minimum Gasteiger partial charge on any atom is -0.360 e. The van der Waals surface area contributed by atoms with E-state index in [1.54, 1.807) is 0 Å². The van der Waals surface area contributed by atoms with Gasteiger partial charge in [-0.15, -0.1) is 10.2 Å². The largest absolute Gasteiger partial charge is 0.360 e. The number of nitrogens with one attached hydrogen (secondary N) is 1. The number of carbonyl (C=O) groups is 1. The number of benzene rings is 2. The van der Waals surface area contributed by atoms with Crippen molar-refractivity contribution in [3.05, 3.63) is 77.2 Å². The molecule has 0 saturated heterocycles. The van der Waals surface area contributed by atoms with Gasteiger partial charge in [-0.3, -0.25) is 4.79 Å². The summed E-state index contributed by atoms with van der Waals surface area (Å²) in [5.74, 6) is 1.27. The number of aromatic nitrogens is 4. The minimum absolute atomic E-state index is 0.0939. The van der Waals surface area contributed by atoms with Crippen molar-refractivity contribution in [2.24, 2.45) is 0 Å². The van der Waals surface area contributed by atoms with Gasteiger partial charge in [-0.25, -0.2) is 0 Å². The highest BCUT2D eigenvalue weighted by atomic mass is 32.2. The van der Waals surface area contributed by atoms with Gasteiger partial charge in [0.2, 0.25) is 0 Å². The molecule has 2 aromatic heterocycles. The summed E-state index contributed by atoms with van der Waals surface area (Å²) in [6, 6.07) is 16.3. The van der Waals surface area contributed by atoms with Crippen LogP contribution >= 0.6 is 11.8 Å². The van der Waals surface area contributed by atoms with E-state index in [0.29, 0.717) is 12.3 Å². The molecule has 0 aliphatic heterocycles. The van der Waals surface area contributed by atoms with Crippen LogP contribution < -0.4 is 0 Å². The van der Waals surface area contributed by atoms with Crippen LogP contribution in [0.5, 0.6) is 0 Å².